The molecule has 1 N–H and O–H groups in total. The van der Waals surface area contributed by atoms with E-state index in [2.05, 4.69) is 15.3 Å². The SMILES string of the molecule is COc1ccc(-c2cc(NC(=O)c3ccc(CF)nc3C)ccc2Cl)nc1. The van der Waals surface area contributed by atoms with Crippen molar-refractivity contribution < 1.29 is 13.9 Å². The van der Waals surface area contributed by atoms with Crippen LogP contribution >= 0.6 is 11.6 Å². The predicted octanol–water partition coefficient (Wildman–Crippen LogP) is 4.84. The van der Waals surface area contributed by atoms with E-state index in [-0.39, 0.29) is 5.91 Å². The van der Waals surface area contributed by atoms with Gasteiger partial charge in [0.25, 0.3) is 5.91 Å². The van der Waals surface area contributed by atoms with E-state index in [9.17, 15) is 9.18 Å². The number of nitrogens with one attached hydrogen (secondary N) is 1. The minimum absolute atomic E-state index is 0.295. The van der Waals surface area contributed by atoms with Gasteiger partial charge in [-0.3, -0.25) is 14.8 Å². The molecule has 0 spiro atoms. The fraction of sp³-hybridized carbons (Fsp3) is 0.150. The number of aromatic nitrogens is 2. The summed E-state index contributed by atoms with van der Waals surface area (Å²) in [6, 6.07) is 11.8. The topological polar surface area (TPSA) is 64.1 Å². The Morgan fingerprint density at radius 1 is 1.22 bits per heavy atom. The first-order valence-corrected chi connectivity index (χ1v) is 8.53. The largest absolute Gasteiger partial charge is 0.495 e. The molecule has 0 radical (unpaired) electrons. The van der Waals surface area contributed by atoms with Crippen LogP contribution in [-0.4, -0.2) is 23.0 Å². The smallest absolute Gasteiger partial charge is 0.257 e. The van der Waals surface area contributed by atoms with Gasteiger partial charge in [0.2, 0.25) is 0 Å². The number of carbonyl (C=O) groups excluding carboxylic acids is 1. The zero-order valence-electron chi connectivity index (χ0n) is 14.8. The highest BCUT2D eigenvalue weighted by molar-refractivity contribution is 6.33. The zero-order chi connectivity index (χ0) is 19.4. The summed E-state index contributed by atoms with van der Waals surface area (Å²) in [6.07, 6.45) is 1.60. The van der Waals surface area contributed by atoms with E-state index in [4.69, 9.17) is 16.3 Å². The third-order valence-electron chi connectivity index (χ3n) is 4.00. The molecule has 0 aliphatic carbocycles. The number of hydrogen-bond donors (Lipinski definition) is 1. The molecule has 0 saturated carbocycles. The fourth-order valence-electron chi connectivity index (χ4n) is 2.59. The van der Waals surface area contributed by atoms with E-state index in [1.54, 1.807) is 56.6 Å². The Morgan fingerprint density at radius 2 is 2.04 bits per heavy atom. The maximum absolute atomic E-state index is 12.7. The van der Waals surface area contributed by atoms with Crippen molar-refractivity contribution in [3.8, 4) is 17.0 Å². The first kappa shape index (κ1) is 18.8. The summed E-state index contributed by atoms with van der Waals surface area (Å²) in [5, 5.41) is 3.32. The first-order valence-electron chi connectivity index (χ1n) is 8.15. The summed E-state index contributed by atoms with van der Waals surface area (Å²) in [5.41, 5.74) is 3.04. The number of amides is 1. The molecular formula is C20H17ClFN3O2. The van der Waals surface area contributed by atoms with Crippen LogP contribution in [0.1, 0.15) is 21.7 Å². The van der Waals surface area contributed by atoms with Crippen LogP contribution in [0.5, 0.6) is 5.75 Å². The highest BCUT2D eigenvalue weighted by Gasteiger charge is 2.13. The molecule has 0 saturated heterocycles. The second kappa shape index (κ2) is 8.14. The van der Waals surface area contributed by atoms with Crippen molar-refractivity contribution in [1.29, 1.82) is 0 Å². The number of methoxy groups -OCH3 is 1. The maximum atomic E-state index is 12.7. The number of benzene rings is 1. The Hall–Kier alpha value is -2.99. The number of nitrogens with zero attached hydrogens (tertiary/aromatic N) is 2. The van der Waals surface area contributed by atoms with Crippen molar-refractivity contribution >= 4 is 23.2 Å². The first-order chi connectivity index (χ1) is 13.0. The van der Waals surface area contributed by atoms with Gasteiger partial charge < -0.3 is 10.1 Å². The molecular weight excluding hydrogens is 369 g/mol. The van der Waals surface area contributed by atoms with Gasteiger partial charge in [0.15, 0.2) is 0 Å². The normalized spacial score (nSPS) is 10.5. The second-order valence-corrected chi connectivity index (χ2v) is 6.21. The lowest BCUT2D eigenvalue weighted by atomic mass is 10.1. The molecule has 0 fully saturated rings. The molecule has 5 nitrogen and oxygen atoms in total. The van der Waals surface area contributed by atoms with Crippen LogP contribution in [0.2, 0.25) is 5.02 Å². The molecule has 2 aromatic heterocycles. The quantitative estimate of drug-likeness (QED) is 0.682. The predicted molar refractivity (Wildman–Crippen MR) is 103 cm³/mol. The van der Waals surface area contributed by atoms with Crippen LogP contribution in [0.3, 0.4) is 0 Å². The minimum atomic E-state index is -0.669. The number of ether oxygens (including phenoxy) is 1. The third-order valence-corrected chi connectivity index (χ3v) is 4.33. The van der Waals surface area contributed by atoms with Crippen LogP contribution in [0.4, 0.5) is 10.1 Å². The molecule has 0 aliphatic heterocycles. The van der Waals surface area contributed by atoms with E-state index in [1.807, 2.05) is 0 Å². The average molecular weight is 386 g/mol. The Labute approximate surface area is 161 Å². The van der Waals surface area contributed by atoms with Gasteiger partial charge in [0.1, 0.15) is 12.4 Å². The highest BCUT2D eigenvalue weighted by atomic mass is 35.5. The highest BCUT2D eigenvalue weighted by Crippen LogP contribution is 2.30. The number of hydrogen-bond acceptors (Lipinski definition) is 4. The van der Waals surface area contributed by atoms with Crippen molar-refractivity contribution in [1.82, 2.24) is 9.97 Å². The summed E-state index contributed by atoms with van der Waals surface area (Å²) in [6.45, 7) is 1.00. The molecule has 138 valence electrons. The summed E-state index contributed by atoms with van der Waals surface area (Å²) >= 11 is 6.29. The Kier molecular flexibility index (Phi) is 5.66. The maximum Gasteiger partial charge on any atom is 0.257 e. The average Bonchev–Trinajstić information content (AvgIpc) is 2.69. The van der Waals surface area contributed by atoms with E-state index < -0.39 is 6.67 Å². The van der Waals surface area contributed by atoms with E-state index in [0.29, 0.717) is 44.7 Å². The van der Waals surface area contributed by atoms with E-state index >= 15 is 0 Å². The van der Waals surface area contributed by atoms with Gasteiger partial charge in [-0.1, -0.05) is 11.6 Å². The van der Waals surface area contributed by atoms with E-state index in [1.165, 1.54) is 6.07 Å². The number of anilines is 1. The molecule has 1 amide bonds. The van der Waals surface area contributed by atoms with Gasteiger partial charge in [-0.2, -0.15) is 0 Å². The molecule has 3 aromatic rings. The number of aryl methyl sites for hydroxylation is 1. The Balaban J connectivity index is 1.86. The van der Waals surface area contributed by atoms with Gasteiger partial charge in [-0.25, -0.2) is 4.39 Å². The van der Waals surface area contributed by atoms with Gasteiger partial charge in [0, 0.05) is 11.3 Å². The van der Waals surface area contributed by atoms with Crippen LogP contribution in [0.25, 0.3) is 11.3 Å². The third kappa shape index (κ3) is 4.23. The standard InChI is InChI=1S/C20H17ClFN3O2/c1-12-16(6-3-14(10-22)24-12)20(26)25-13-4-7-18(21)17(9-13)19-8-5-15(27-2)11-23-19/h3-9,11H,10H2,1-2H3,(H,25,26). The lowest BCUT2D eigenvalue weighted by Gasteiger charge is -2.11. The van der Waals surface area contributed by atoms with Gasteiger partial charge in [-0.15, -0.1) is 0 Å². The van der Waals surface area contributed by atoms with Crippen molar-refractivity contribution in [3.05, 3.63) is 70.6 Å². The second-order valence-electron chi connectivity index (χ2n) is 5.80. The summed E-state index contributed by atoms with van der Waals surface area (Å²) in [7, 11) is 1.57. The van der Waals surface area contributed by atoms with Crippen LogP contribution in [0.15, 0.2) is 48.7 Å². The number of rotatable bonds is 5. The zero-order valence-corrected chi connectivity index (χ0v) is 15.5. The molecule has 0 bridgehead atoms. The number of pyridine rings is 2. The molecule has 1 aromatic carbocycles. The van der Waals surface area contributed by atoms with Gasteiger partial charge in [-0.05, 0) is 49.4 Å². The molecule has 0 unspecified atom stereocenters. The van der Waals surface area contributed by atoms with Crippen LogP contribution < -0.4 is 10.1 Å². The molecule has 2 heterocycles. The molecule has 3 rings (SSSR count). The fourth-order valence-corrected chi connectivity index (χ4v) is 2.80. The van der Waals surface area contributed by atoms with E-state index in [0.717, 1.165) is 0 Å². The lowest BCUT2D eigenvalue weighted by molar-refractivity contribution is 0.102. The van der Waals surface area contributed by atoms with Crippen molar-refractivity contribution in [3.63, 3.8) is 0 Å². The lowest BCUT2D eigenvalue weighted by Crippen LogP contribution is -2.14. The van der Waals surface area contributed by atoms with Crippen molar-refractivity contribution in [2.24, 2.45) is 0 Å². The van der Waals surface area contributed by atoms with Gasteiger partial charge in [0.05, 0.1) is 41.0 Å². The summed E-state index contributed by atoms with van der Waals surface area (Å²) < 4.78 is 17.8. The van der Waals surface area contributed by atoms with Crippen molar-refractivity contribution in [2.75, 3.05) is 12.4 Å². The number of alkyl halides is 1. The van der Waals surface area contributed by atoms with Crippen LogP contribution in [0, 0.1) is 6.92 Å². The summed E-state index contributed by atoms with van der Waals surface area (Å²) in [5.74, 6) is 0.306. The summed E-state index contributed by atoms with van der Waals surface area (Å²) in [4.78, 5) is 20.9. The molecule has 0 aliphatic rings. The molecule has 27 heavy (non-hydrogen) atoms. The number of halogens is 2. The Bertz CT molecular complexity index is 977. The minimum Gasteiger partial charge on any atom is -0.495 e. The van der Waals surface area contributed by atoms with Crippen LogP contribution in [-0.2, 0) is 6.67 Å². The molecule has 0 atom stereocenters. The van der Waals surface area contributed by atoms with Gasteiger partial charge >= 0.3 is 0 Å². The Morgan fingerprint density at radius 3 is 2.67 bits per heavy atom. The monoisotopic (exact) mass is 385 g/mol. The number of carbonyl (C=O) groups is 1. The molecule has 7 heteroatoms. The van der Waals surface area contributed by atoms with Crippen molar-refractivity contribution in [2.45, 2.75) is 13.6 Å².